The number of nitrogens with one attached hydrogen (secondary N) is 1. The predicted molar refractivity (Wildman–Crippen MR) is 105 cm³/mol. The fourth-order valence-corrected chi connectivity index (χ4v) is 3.96. The Balaban J connectivity index is 1.49. The second-order valence-electron chi connectivity index (χ2n) is 6.59. The van der Waals surface area contributed by atoms with E-state index >= 15 is 0 Å². The predicted octanol–water partition coefficient (Wildman–Crippen LogP) is 2.17. The molecule has 0 spiro atoms. The second-order valence-corrected chi connectivity index (χ2v) is 8.45. The molecule has 0 aliphatic carbocycles. The van der Waals surface area contributed by atoms with Crippen LogP contribution in [0.5, 0.6) is 0 Å². The van der Waals surface area contributed by atoms with Crippen LogP contribution in [0.2, 0.25) is 0 Å². The maximum Gasteiger partial charge on any atom is 0.236 e. The highest BCUT2D eigenvalue weighted by Crippen LogP contribution is 2.24. The number of aryl methyl sites for hydroxylation is 2. The van der Waals surface area contributed by atoms with Crippen molar-refractivity contribution in [2.45, 2.75) is 32.2 Å². The zero-order chi connectivity index (χ0) is 19.3. The molecule has 1 aromatic carbocycles. The van der Waals surface area contributed by atoms with Crippen LogP contribution < -0.4 is 5.32 Å². The lowest BCUT2D eigenvalue weighted by Gasteiger charge is -2.05. The van der Waals surface area contributed by atoms with Crippen LogP contribution in [0.25, 0.3) is 10.9 Å². The van der Waals surface area contributed by atoms with Crippen molar-refractivity contribution in [3.63, 3.8) is 0 Å². The normalized spacial score (nSPS) is 11.7. The molecule has 1 amide bonds. The van der Waals surface area contributed by atoms with Gasteiger partial charge in [-0.15, -0.1) is 0 Å². The molecule has 8 heteroatoms. The molecule has 3 aromatic rings. The van der Waals surface area contributed by atoms with E-state index in [1.54, 1.807) is 24.8 Å². The molecule has 0 radical (unpaired) electrons. The summed E-state index contributed by atoms with van der Waals surface area (Å²) in [5.41, 5.74) is 1.63. The molecule has 0 saturated carbocycles. The second kappa shape index (κ2) is 8.39. The van der Waals surface area contributed by atoms with Crippen molar-refractivity contribution in [3.8, 4) is 0 Å². The first-order valence-electron chi connectivity index (χ1n) is 8.97. The van der Waals surface area contributed by atoms with Gasteiger partial charge in [0.2, 0.25) is 15.9 Å². The summed E-state index contributed by atoms with van der Waals surface area (Å²) in [5, 5.41) is 3.84. The Kier molecular flexibility index (Phi) is 5.95. The molecule has 27 heavy (non-hydrogen) atoms. The Labute approximate surface area is 159 Å². The average molecular weight is 388 g/mol. The van der Waals surface area contributed by atoms with E-state index in [9.17, 15) is 13.2 Å². The van der Waals surface area contributed by atoms with Crippen LogP contribution in [0, 0.1) is 0 Å². The number of benzene rings is 1. The van der Waals surface area contributed by atoms with Crippen LogP contribution in [-0.2, 0) is 27.8 Å². The molecule has 0 unspecified atom stereocenters. The van der Waals surface area contributed by atoms with Crippen LogP contribution >= 0.6 is 0 Å². The third-order valence-corrected chi connectivity index (χ3v) is 5.46. The minimum atomic E-state index is -3.35. The van der Waals surface area contributed by atoms with Gasteiger partial charge in [0.25, 0.3) is 0 Å². The molecule has 0 aliphatic rings. The van der Waals surface area contributed by atoms with E-state index < -0.39 is 10.0 Å². The van der Waals surface area contributed by atoms with Gasteiger partial charge in [0.1, 0.15) is 0 Å². The van der Waals surface area contributed by atoms with Gasteiger partial charge < -0.3 is 9.88 Å². The van der Waals surface area contributed by atoms with Crippen LogP contribution in [0.4, 0.5) is 0 Å². The van der Waals surface area contributed by atoms with E-state index in [1.165, 1.54) is 10.2 Å². The average Bonchev–Trinajstić information content (AvgIpc) is 3.26. The SMILES string of the molecule is CS(=O)(=O)n1cc(CCCC(=O)NCCCn2ccnc2)c2ccccc21. The molecule has 0 aliphatic heterocycles. The van der Waals surface area contributed by atoms with Crippen LogP contribution in [0.15, 0.2) is 49.2 Å². The number of amides is 1. The quantitative estimate of drug-likeness (QED) is 0.569. The number of aromatic nitrogens is 3. The van der Waals surface area contributed by atoms with E-state index in [1.807, 2.05) is 29.0 Å². The number of carbonyl (C=O) groups excluding carboxylic acids is 1. The fourth-order valence-electron chi connectivity index (χ4n) is 3.13. The molecule has 7 nitrogen and oxygen atoms in total. The van der Waals surface area contributed by atoms with Crippen molar-refractivity contribution in [2.75, 3.05) is 12.8 Å². The Hall–Kier alpha value is -2.61. The van der Waals surface area contributed by atoms with Crippen molar-refractivity contribution in [2.24, 2.45) is 0 Å². The van der Waals surface area contributed by atoms with Crippen LogP contribution in [0.3, 0.4) is 0 Å². The minimum absolute atomic E-state index is 0.0208. The van der Waals surface area contributed by atoms with Crippen LogP contribution in [-0.4, -0.2) is 40.6 Å². The first-order chi connectivity index (χ1) is 12.9. The third-order valence-electron chi connectivity index (χ3n) is 4.44. The van der Waals surface area contributed by atoms with Gasteiger partial charge in [-0.3, -0.25) is 4.79 Å². The summed E-state index contributed by atoms with van der Waals surface area (Å²) in [7, 11) is -3.35. The highest BCUT2D eigenvalue weighted by molar-refractivity contribution is 7.89. The highest BCUT2D eigenvalue weighted by Gasteiger charge is 2.14. The van der Waals surface area contributed by atoms with E-state index in [4.69, 9.17) is 0 Å². The largest absolute Gasteiger partial charge is 0.356 e. The Morgan fingerprint density at radius 2 is 2.04 bits per heavy atom. The number of nitrogens with zero attached hydrogens (tertiary/aromatic N) is 3. The molecular weight excluding hydrogens is 364 g/mol. The monoisotopic (exact) mass is 388 g/mol. The number of hydrogen-bond acceptors (Lipinski definition) is 4. The molecule has 0 atom stereocenters. The van der Waals surface area contributed by atoms with Crippen molar-refractivity contribution < 1.29 is 13.2 Å². The lowest BCUT2D eigenvalue weighted by Crippen LogP contribution is -2.24. The molecular formula is C19H24N4O3S. The van der Waals surface area contributed by atoms with Gasteiger partial charge in [0, 0.05) is 43.5 Å². The molecule has 2 aromatic heterocycles. The first kappa shape index (κ1) is 19.2. The molecule has 0 saturated heterocycles. The maximum absolute atomic E-state index is 12.0. The van der Waals surface area contributed by atoms with Gasteiger partial charge in [-0.1, -0.05) is 18.2 Å². The topological polar surface area (TPSA) is 86.0 Å². The Morgan fingerprint density at radius 1 is 1.22 bits per heavy atom. The zero-order valence-electron chi connectivity index (χ0n) is 15.3. The summed E-state index contributed by atoms with van der Waals surface area (Å²) in [5.74, 6) is 0.0208. The molecule has 2 heterocycles. The van der Waals surface area contributed by atoms with Crippen molar-refractivity contribution in [3.05, 3.63) is 54.7 Å². The number of rotatable bonds is 9. The van der Waals surface area contributed by atoms with E-state index in [-0.39, 0.29) is 5.91 Å². The Bertz CT molecular complexity index is 1010. The van der Waals surface area contributed by atoms with Crippen molar-refractivity contribution in [1.29, 1.82) is 0 Å². The molecule has 144 valence electrons. The number of para-hydroxylation sites is 1. The first-order valence-corrected chi connectivity index (χ1v) is 10.8. The van der Waals surface area contributed by atoms with Crippen LogP contribution in [0.1, 0.15) is 24.8 Å². The third kappa shape index (κ3) is 4.97. The molecule has 3 rings (SSSR count). The van der Waals surface area contributed by atoms with Gasteiger partial charge in [0.05, 0.1) is 18.1 Å². The summed E-state index contributed by atoms with van der Waals surface area (Å²) >= 11 is 0. The van der Waals surface area contributed by atoms with E-state index in [0.717, 1.165) is 23.9 Å². The van der Waals surface area contributed by atoms with Crippen molar-refractivity contribution in [1.82, 2.24) is 18.8 Å². The summed E-state index contributed by atoms with van der Waals surface area (Å²) in [4.78, 5) is 16.0. The number of imidazole rings is 1. The molecule has 0 fully saturated rings. The van der Waals surface area contributed by atoms with Crippen molar-refractivity contribution >= 4 is 26.8 Å². The van der Waals surface area contributed by atoms with Gasteiger partial charge in [-0.25, -0.2) is 17.4 Å². The summed E-state index contributed by atoms with van der Waals surface area (Å²) in [6.45, 7) is 1.45. The summed E-state index contributed by atoms with van der Waals surface area (Å²) in [6, 6.07) is 7.44. The van der Waals surface area contributed by atoms with Gasteiger partial charge >= 0.3 is 0 Å². The number of hydrogen-bond donors (Lipinski definition) is 1. The van der Waals surface area contributed by atoms with Gasteiger partial charge in [0.15, 0.2) is 0 Å². The fraction of sp³-hybridized carbons (Fsp3) is 0.368. The zero-order valence-corrected chi connectivity index (χ0v) is 16.2. The smallest absolute Gasteiger partial charge is 0.236 e. The number of fused-ring (bicyclic) bond motifs is 1. The summed E-state index contributed by atoms with van der Waals surface area (Å²) < 4.78 is 27.2. The highest BCUT2D eigenvalue weighted by atomic mass is 32.2. The lowest BCUT2D eigenvalue weighted by atomic mass is 10.1. The van der Waals surface area contributed by atoms with E-state index in [2.05, 4.69) is 10.3 Å². The molecule has 0 bridgehead atoms. The standard InChI is InChI=1S/C19H24N4O3S/c1-27(25,26)23-14-16(17-7-2-3-8-18(17)23)6-4-9-19(24)21-10-5-12-22-13-11-20-15-22/h2-3,7-8,11,13-15H,4-6,9-10,12H2,1H3,(H,21,24). The van der Waals surface area contributed by atoms with Gasteiger partial charge in [-0.2, -0.15) is 0 Å². The Morgan fingerprint density at radius 3 is 2.78 bits per heavy atom. The summed E-state index contributed by atoms with van der Waals surface area (Å²) in [6.07, 6.45) is 10.9. The minimum Gasteiger partial charge on any atom is -0.356 e. The maximum atomic E-state index is 12.0. The number of carbonyl (C=O) groups is 1. The lowest BCUT2D eigenvalue weighted by molar-refractivity contribution is -0.121. The van der Waals surface area contributed by atoms with Gasteiger partial charge in [-0.05, 0) is 30.9 Å². The van der Waals surface area contributed by atoms with E-state index in [0.29, 0.717) is 31.3 Å². The molecule has 1 N–H and O–H groups in total.